The van der Waals surface area contributed by atoms with Gasteiger partial charge in [0.1, 0.15) is 12.6 Å². The van der Waals surface area contributed by atoms with E-state index >= 15 is 0 Å². The van der Waals surface area contributed by atoms with E-state index < -0.39 is 11.9 Å². The molecule has 3 rings (SSSR count). The lowest BCUT2D eigenvalue weighted by Gasteiger charge is -2.20. The van der Waals surface area contributed by atoms with Crippen LogP contribution in [0.4, 0.5) is 0 Å². The lowest BCUT2D eigenvalue weighted by Crippen LogP contribution is -2.48. The molecule has 1 atom stereocenters. The summed E-state index contributed by atoms with van der Waals surface area (Å²) in [5.74, 6) is -0.0349. The summed E-state index contributed by atoms with van der Waals surface area (Å²) in [5, 5.41) is 8.39. The summed E-state index contributed by atoms with van der Waals surface area (Å²) in [6, 6.07) is 14.3. The molecule has 0 aliphatic heterocycles. The van der Waals surface area contributed by atoms with Gasteiger partial charge in [-0.1, -0.05) is 54.7 Å². The van der Waals surface area contributed by atoms with Crippen molar-refractivity contribution in [3.05, 3.63) is 90.8 Å². The number of hydrazone groups is 1. The molecule has 7 nitrogen and oxygen atoms in total. The molecule has 0 radical (unpaired) electrons. The molecule has 2 N–H and O–H groups in total. The Bertz CT molecular complexity index is 1350. The largest absolute Gasteiger partial charge is 0.490 e. The molecule has 2 amide bonds. The highest BCUT2D eigenvalue weighted by Gasteiger charge is 2.24. The third kappa shape index (κ3) is 8.86. The van der Waals surface area contributed by atoms with Gasteiger partial charge in [-0.15, -0.1) is 0 Å². The van der Waals surface area contributed by atoms with Gasteiger partial charge in [-0.25, -0.2) is 5.43 Å². The fraction of sp³-hybridized carbons (Fsp3) is 0.250. The van der Waals surface area contributed by atoms with Crippen LogP contribution < -0.4 is 20.2 Å². The van der Waals surface area contributed by atoms with Gasteiger partial charge in [0.25, 0.3) is 11.8 Å². The van der Waals surface area contributed by atoms with Gasteiger partial charge in [-0.2, -0.15) is 5.10 Å². The minimum absolute atomic E-state index is 0.180. The van der Waals surface area contributed by atoms with Crippen molar-refractivity contribution in [3.63, 3.8) is 0 Å². The topological polar surface area (TPSA) is 89.0 Å². The Labute approximate surface area is 250 Å². The fourth-order valence-corrected chi connectivity index (χ4v) is 4.62. The van der Waals surface area contributed by atoms with E-state index in [2.05, 4.69) is 31.8 Å². The molecule has 0 saturated carbocycles. The summed E-state index contributed by atoms with van der Waals surface area (Å²) >= 11 is 21.7. The van der Waals surface area contributed by atoms with E-state index in [0.717, 1.165) is 5.56 Å². The predicted octanol–water partition coefficient (Wildman–Crippen LogP) is 7.29. The molecule has 39 heavy (non-hydrogen) atoms. The number of benzene rings is 3. The first-order valence-corrected chi connectivity index (χ1v) is 13.9. The molecule has 0 saturated heterocycles. The van der Waals surface area contributed by atoms with Crippen LogP contribution in [0.2, 0.25) is 15.1 Å². The molecular weight excluding hydrogens is 629 g/mol. The minimum atomic E-state index is -0.800. The van der Waals surface area contributed by atoms with Crippen LogP contribution >= 0.6 is 50.7 Å². The maximum absolute atomic E-state index is 12.8. The van der Waals surface area contributed by atoms with Gasteiger partial charge < -0.3 is 14.8 Å². The van der Waals surface area contributed by atoms with Gasteiger partial charge in [-0.05, 0) is 82.9 Å². The molecule has 0 spiro atoms. The summed E-state index contributed by atoms with van der Waals surface area (Å²) in [6.07, 6.45) is 1.48. The van der Waals surface area contributed by atoms with Crippen LogP contribution in [0, 0.1) is 5.92 Å². The Kier molecular flexibility index (Phi) is 11.5. The average Bonchev–Trinajstić information content (AvgIpc) is 2.88. The molecule has 0 heterocycles. The van der Waals surface area contributed by atoms with Crippen molar-refractivity contribution in [2.75, 3.05) is 6.61 Å². The van der Waals surface area contributed by atoms with Gasteiger partial charge >= 0.3 is 0 Å². The number of halogens is 4. The smallest absolute Gasteiger partial charge is 0.262 e. The minimum Gasteiger partial charge on any atom is -0.490 e. The molecule has 1 unspecified atom stereocenters. The number of ether oxygens (including phenoxy) is 2. The molecule has 0 aliphatic rings. The van der Waals surface area contributed by atoms with Crippen LogP contribution in [0.25, 0.3) is 0 Å². The quantitative estimate of drug-likeness (QED) is 0.168. The molecule has 11 heteroatoms. The van der Waals surface area contributed by atoms with Gasteiger partial charge in [0.2, 0.25) is 0 Å². The number of hydrogen-bond donors (Lipinski definition) is 2. The third-order valence-corrected chi connectivity index (χ3v) is 6.88. The maximum Gasteiger partial charge on any atom is 0.262 e. The first-order chi connectivity index (χ1) is 18.6. The van der Waals surface area contributed by atoms with Crippen LogP contribution in [0.15, 0.2) is 64.2 Å². The van der Waals surface area contributed by atoms with Crippen molar-refractivity contribution < 1.29 is 19.1 Å². The van der Waals surface area contributed by atoms with Crippen LogP contribution in [0.5, 0.6) is 11.5 Å². The standard InChI is InChI=1S/C28H27BrCl3N3O4/c1-4-38-24-12-17(11-22(29)26(24)39-15-19-7-10-21(31)13-23(19)32)14-33-35-28(37)25(16(2)3)34-27(36)18-5-8-20(30)9-6-18/h5-14,16,25H,4,15H2,1-3H3,(H,34,36)(H,35,37). The molecule has 3 aromatic carbocycles. The highest BCUT2D eigenvalue weighted by molar-refractivity contribution is 9.10. The zero-order chi connectivity index (χ0) is 28.5. The number of carbonyl (C=O) groups is 2. The summed E-state index contributed by atoms with van der Waals surface area (Å²) < 4.78 is 12.4. The summed E-state index contributed by atoms with van der Waals surface area (Å²) in [6.45, 7) is 6.13. The third-order valence-electron chi connectivity index (χ3n) is 5.45. The summed E-state index contributed by atoms with van der Waals surface area (Å²) in [5.41, 5.74) is 4.32. The number of nitrogens with one attached hydrogen (secondary N) is 2. The highest BCUT2D eigenvalue weighted by atomic mass is 79.9. The second kappa shape index (κ2) is 14.6. The van der Waals surface area contributed by atoms with Crippen molar-refractivity contribution in [3.8, 4) is 11.5 Å². The van der Waals surface area contributed by atoms with Crippen LogP contribution in [0.1, 0.15) is 42.3 Å². The molecule has 0 fully saturated rings. The van der Waals surface area contributed by atoms with Crippen molar-refractivity contribution in [1.29, 1.82) is 0 Å². The van der Waals surface area contributed by atoms with Crippen LogP contribution in [0.3, 0.4) is 0 Å². The van der Waals surface area contributed by atoms with Crippen molar-refractivity contribution in [1.82, 2.24) is 10.7 Å². The Morgan fingerprint density at radius 1 is 1.00 bits per heavy atom. The molecule has 3 aromatic rings. The molecule has 206 valence electrons. The second-order valence-electron chi connectivity index (χ2n) is 8.72. The lowest BCUT2D eigenvalue weighted by molar-refractivity contribution is -0.123. The van der Waals surface area contributed by atoms with Crippen molar-refractivity contribution in [2.45, 2.75) is 33.4 Å². The van der Waals surface area contributed by atoms with E-state index in [1.807, 2.05) is 20.8 Å². The summed E-state index contributed by atoms with van der Waals surface area (Å²) in [4.78, 5) is 25.4. The highest BCUT2D eigenvalue weighted by Crippen LogP contribution is 2.37. The second-order valence-corrected chi connectivity index (χ2v) is 10.9. The predicted molar refractivity (Wildman–Crippen MR) is 159 cm³/mol. The summed E-state index contributed by atoms with van der Waals surface area (Å²) in [7, 11) is 0. The lowest BCUT2D eigenvalue weighted by atomic mass is 10.0. The maximum atomic E-state index is 12.8. The fourth-order valence-electron chi connectivity index (χ4n) is 3.45. The molecule has 0 aromatic heterocycles. The number of nitrogens with zero attached hydrogens (tertiary/aromatic N) is 1. The number of rotatable bonds is 11. The number of carbonyl (C=O) groups excluding carboxylic acids is 2. The number of hydrogen-bond acceptors (Lipinski definition) is 5. The van der Waals surface area contributed by atoms with E-state index in [9.17, 15) is 9.59 Å². The van der Waals surface area contributed by atoms with E-state index in [1.165, 1.54) is 6.21 Å². The zero-order valence-corrected chi connectivity index (χ0v) is 25.3. The zero-order valence-electron chi connectivity index (χ0n) is 21.4. The van der Waals surface area contributed by atoms with Gasteiger partial charge in [0.15, 0.2) is 11.5 Å². The first kappa shape index (κ1) is 30.8. The Balaban J connectivity index is 1.69. The van der Waals surface area contributed by atoms with Gasteiger partial charge in [0.05, 0.1) is 17.3 Å². The molecule has 0 bridgehead atoms. The SMILES string of the molecule is CCOc1cc(C=NNC(=O)C(NC(=O)c2ccc(Cl)cc2)C(C)C)cc(Br)c1OCc1ccc(Cl)cc1Cl. The monoisotopic (exact) mass is 653 g/mol. The molecular formula is C28H27BrCl3N3O4. The van der Waals surface area contributed by atoms with E-state index in [-0.39, 0.29) is 18.4 Å². The van der Waals surface area contributed by atoms with Crippen molar-refractivity contribution >= 4 is 68.8 Å². The van der Waals surface area contributed by atoms with Crippen LogP contribution in [-0.4, -0.2) is 30.7 Å². The van der Waals surface area contributed by atoms with E-state index in [4.69, 9.17) is 44.3 Å². The van der Waals surface area contributed by atoms with Gasteiger partial charge in [-0.3, -0.25) is 9.59 Å². The van der Waals surface area contributed by atoms with Crippen molar-refractivity contribution in [2.24, 2.45) is 11.0 Å². The van der Waals surface area contributed by atoms with Gasteiger partial charge in [0, 0.05) is 26.2 Å². The normalized spacial score (nSPS) is 11.9. The van der Waals surface area contributed by atoms with E-state index in [0.29, 0.717) is 48.8 Å². The average molecular weight is 656 g/mol. The number of amides is 2. The molecule has 0 aliphatic carbocycles. The Hall–Kier alpha value is -2.78. The Morgan fingerprint density at radius 3 is 2.33 bits per heavy atom. The van der Waals surface area contributed by atoms with E-state index in [1.54, 1.807) is 54.6 Å². The van der Waals surface area contributed by atoms with Crippen LogP contribution in [-0.2, 0) is 11.4 Å². The Morgan fingerprint density at radius 2 is 1.69 bits per heavy atom. The first-order valence-electron chi connectivity index (χ1n) is 12.0.